The van der Waals surface area contributed by atoms with Gasteiger partial charge in [-0.15, -0.1) is 0 Å². The van der Waals surface area contributed by atoms with E-state index in [0.717, 1.165) is 5.69 Å². The summed E-state index contributed by atoms with van der Waals surface area (Å²) >= 11 is 0. The van der Waals surface area contributed by atoms with Gasteiger partial charge in [0.05, 0.1) is 10.6 Å². The number of Topliss-reactive ketones (excluding diaryl/α,β-unsaturated/α-hetero) is 1. The smallest absolute Gasteiger partial charge is 0.269 e. The summed E-state index contributed by atoms with van der Waals surface area (Å²) in [5, 5.41) is 18.1. The Morgan fingerprint density at radius 2 is 1.65 bits per heavy atom. The summed E-state index contributed by atoms with van der Waals surface area (Å²) in [6, 6.07) is 14.9. The fourth-order valence-corrected chi connectivity index (χ4v) is 5.01. The first-order valence-corrected chi connectivity index (χ1v) is 10.1. The molecule has 2 atom stereocenters. The Labute approximate surface area is 179 Å². The van der Waals surface area contributed by atoms with Crippen LogP contribution in [0.4, 0.5) is 17.1 Å². The second-order valence-electron chi connectivity index (χ2n) is 8.89. The molecule has 0 saturated heterocycles. The molecule has 2 aliphatic carbocycles. The summed E-state index contributed by atoms with van der Waals surface area (Å²) in [5.41, 5.74) is 1.99. The van der Waals surface area contributed by atoms with Crippen LogP contribution in [0.1, 0.15) is 33.6 Å². The third-order valence-electron chi connectivity index (χ3n) is 7.37. The fourth-order valence-electron chi connectivity index (χ4n) is 5.01. The molecule has 0 heterocycles. The highest BCUT2D eigenvalue weighted by Crippen LogP contribution is 2.69. The average molecular weight is 420 g/mol. The molecular weight excluding hydrogens is 396 g/mol. The van der Waals surface area contributed by atoms with Crippen molar-refractivity contribution >= 4 is 34.5 Å². The molecule has 8 heteroatoms. The van der Waals surface area contributed by atoms with Gasteiger partial charge >= 0.3 is 0 Å². The van der Waals surface area contributed by atoms with Gasteiger partial charge in [0.2, 0.25) is 5.91 Å². The Hall–Kier alpha value is -3.55. The average Bonchev–Trinajstić information content (AvgIpc) is 3.02. The lowest BCUT2D eigenvalue weighted by Gasteiger charge is -2.37. The van der Waals surface area contributed by atoms with Crippen LogP contribution < -0.4 is 10.7 Å². The molecule has 2 fully saturated rings. The molecule has 8 nitrogen and oxygen atoms in total. The second kappa shape index (κ2) is 7.01. The molecule has 2 bridgehead atoms. The summed E-state index contributed by atoms with van der Waals surface area (Å²) in [6.07, 6.45) is 1.09. The van der Waals surface area contributed by atoms with Crippen molar-refractivity contribution in [2.75, 3.05) is 10.7 Å². The Kier molecular flexibility index (Phi) is 4.68. The van der Waals surface area contributed by atoms with Crippen LogP contribution in [-0.4, -0.2) is 22.3 Å². The van der Waals surface area contributed by atoms with Crippen molar-refractivity contribution in [2.45, 2.75) is 33.6 Å². The molecule has 2 aromatic carbocycles. The number of fused-ring (bicyclic) bond motifs is 2. The standard InChI is InChI=1S/C23H24N4O4/c1-21(2)22(3)13-14-23(21,19(28)18(22)26-25-16-7-5-4-6-8-16)20(29)24-15-9-11-17(12-10-15)27(30)31/h4-12,25H,13-14H2,1-3H3,(H,24,29)/b26-18+. The number of nitrogens with one attached hydrogen (secondary N) is 2. The van der Waals surface area contributed by atoms with E-state index in [-0.39, 0.29) is 11.5 Å². The molecule has 4 rings (SSSR count). The van der Waals surface area contributed by atoms with E-state index >= 15 is 0 Å². The molecule has 31 heavy (non-hydrogen) atoms. The van der Waals surface area contributed by atoms with E-state index in [1.807, 2.05) is 51.1 Å². The number of hydrogen-bond acceptors (Lipinski definition) is 6. The number of hydrogen-bond donors (Lipinski definition) is 2. The Balaban J connectivity index is 1.65. The number of ketones is 1. The van der Waals surface area contributed by atoms with Crippen LogP contribution in [0.2, 0.25) is 0 Å². The first kappa shape index (κ1) is 20.7. The van der Waals surface area contributed by atoms with E-state index in [0.29, 0.717) is 24.2 Å². The number of benzene rings is 2. The van der Waals surface area contributed by atoms with E-state index < -0.39 is 27.1 Å². The van der Waals surface area contributed by atoms with E-state index in [1.165, 1.54) is 24.3 Å². The Morgan fingerprint density at radius 3 is 2.26 bits per heavy atom. The Bertz CT molecular complexity index is 1090. The normalized spacial score (nSPS) is 27.3. The third-order valence-corrected chi connectivity index (χ3v) is 7.37. The maximum Gasteiger partial charge on any atom is 0.269 e. The SMILES string of the molecule is CC12CCC(C(=O)Nc3ccc([N+](=O)[O-])cc3)(C(=O)/C1=N\Nc1ccccc1)C2(C)C. The highest BCUT2D eigenvalue weighted by atomic mass is 16.6. The van der Waals surface area contributed by atoms with Gasteiger partial charge in [0.15, 0.2) is 5.78 Å². The van der Waals surface area contributed by atoms with Gasteiger partial charge in [-0.3, -0.25) is 25.1 Å². The lowest BCUT2D eigenvalue weighted by atomic mass is 9.64. The molecule has 1 amide bonds. The largest absolute Gasteiger partial charge is 0.325 e. The van der Waals surface area contributed by atoms with Crippen molar-refractivity contribution in [3.8, 4) is 0 Å². The number of para-hydroxylation sites is 1. The molecule has 2 N–H and O–H groups in total. The number of non-ortho nitro benzene ring substituents is 1. The lowest BCUT2D eigenvalue weighted by molar-refractivity contribution is -0.384. The van der Waals surface area contributed by atoms with Crippen molar-refractivity contribution in [3.05, 3.63) is 64.7 Å². The summed E-state index contributed by atoms with van der Waals surface area (Å²) in [5.74, 6) is -0.668. The zero-order valence-electron chi connectivity index (χ0n) is 17.6. The van der Waals surface area contributed by atoms with E-state index in [2.05, 4.69) is 15.8 Å². The predicted molar refractivity (Wildman–Crippen MR) is 118 cm³/mol. The quantitative estimate of drug-likeness (QED) is 0.423. The summed E-state index contributed by atoms with van der Waals surface area (Å²) < 4.78 is 0. The minimum Gasteiger partial charge on any atom is -0.325 e. The van der Waals surface area contributed by atoms with Gasteiger partial charge in [-0.25, -0.2) is 0 Å². The maximum atomic E-state index is 13.6. The first-order valence-electron chi connectivity index (χ1n) is 10.1. The molecule has 0 spiro atoms. The number of nitro groups is 1. The van der Waals surface area contributed by atoms with E-state index in [1.54, 1.807) is 0 Å². The second-order valence-corrected chi connectivity index (χ2v) is 8.89. The molecule has 2 aromatic rings. The molecule has 2 saturated carbocycles. The van der Waals surface area contributed by atoms with Crippen LogP contribution in [0.25, 0.3) is 0 Å². The van der Waals surface area contributed by atoms with Crippen molar-refractivity contribution in [3.63, 3.8) is 0 Å². The third kappa shape index (κ3) is 2.85. The highest BCUT2D eigenvalue weighted by molar-refractivity contribution is 6.51. The topological polar surface area (TPSA) is 114 Å². The van der Waals surface area contributed by atoms with Crippen molar-refractivity contribution in [1.29, 1.82) is 0 Å². The van der Waals surface area contributed by atoms with Gasteiger partial charge in [-0.2, -0.15) is 5.10 Å². The summed E-state index contributed by atoms with van der Waals surface area (Å²) in [7, 11) is 0. The van der Waals surface area contributed by atoms with Gasteiger partial charge < -0.3 is 5.32 Å². The number of hydrazone groups is 1. The van der Waals surface area contributed by atoms with Crippen molar-refractivity contribution < 1.29 is 14.5 Å². The van der Waals surface area contributed by atoms with E-state index in [9.17, 15) is 19.7 Å². The number of amides is 1. The van der Waals surface area contributed by atoms with Crippen molar-refractivity contribution in [2.24, 2.45) is 21.3 Å². The van der Waals surface area contributed by atoms with Crippen LogP contribution in [0.15, 0.2) is 59.7 Å². The van der Waals surface area contributed by atoms with Crippen molar-refractivity contribution in [1.82, 2.24) is 0 Å². The molecular formula is C23H24N4O4. The molecule has 0 aliphatic heterocycles. The van der Waals surface area contributed by atoms with Gasteiger partial charge in [0, 0.05) is 23.2 Å². The highest BCUT2D eigenvalue weighted by Gasteiger charge is 2.76. The van der Waals surface area contributed by atoms with Gasteiger partial charge in [0.1, 0.15) is 11.1 Å². The number of carbonyl (C=O) groups is 2. The predicted octanol–water partition coefficient (Wildman–Crippen LogP) is 4.40. The first-order chi connectivity index (χ1) is 14.6. The molecule has 0 aromatic heterocycles. The zero-order chi connectivity index (χ0) is 22.4. The minimum atomic E-state index is -1.25. The van der Waals surface area contributed by atoms with Crippen LogP contribution in [0.5, 0.6) is 0 Å². The van der Waals surface area contributed by atoms with E-state index in [4.69, 9.17) is 0 Å². The number of carbonyl (C=O) groups excluding carboxylic acids is 2. The summed E-state index contributed by atoms with van der Waals surface area (Å²) in [4.78, 5) is 37.4. The molecule has 0 radical (unpaired) electrons. The van der Waals surface area contributed by atoms with Gasteiger partial charge in [0.25, 0.3) is 5.69 Å². The summed E-state index contributed by atoms with van der Waals surface area (Å²) in [6.45, 7) is 5.88. The molecule has 2 unspecified atom stereocenters. The minimum absolute atomic E-state index is 0.0664. The fraction of sp³-hybridized carbons (Fsp3) is 0.348. The molecule has 160 valence electrons. The maximum absolute atomic E-state index is 13.6. The Morgan fingerprint density at radius 1 is 1.00 bits per heavy atom. The monoisotopic (exact) mass is 420 g/mol. The van der Waals surface area contributed by atoms with Crippen LogP contribution in [0, 0.1) is 26.4 Å². The number of rotatable bonds is 5. The lowest BCUT2D eigenvalue weighted by Crippen LogP contribution is -2.47. The number of anilines is 2. The van der Waals surface area contributed by atoms with Gasteiger partial charge in [-0.1, -0.05) is 39.0 Å². The van der Waals surface area contributed by atoms with Crippen LogP contribution in [-0.2, 0) is 9.59 Å². The number of nitrogens with zero attached hydrogens (tertiary/aromatic N) is 2. The van der Waals surface area contributed by atoms with Crippen LogP contribution in [0.3, 0.4) is 0 Å². The molecule has 2 aliphatic rings. The zero-order valence-corrected chi connectivity index (χ0v) is 17.6. The van der Waals surface area contributed by atoms with Crippen LogP contribution >= 0.6 is 0 Å². The number of nitro benzene ring substituents is 1. The van der Waals surface area contributed by atoms with Gasteiger partial charge in [-0.05, 0) is 42.5 Å².